The van der Waals surface area contributed by atoms with Crippen molar-refractivity contribution in [3.8, 4) is 0 Å². The van der Waals surface area contributed by atoms with E-state index in [2.05, 4.69) is 79.4 Å². The fourth-order valence-electron chi connectivity index (χ4n) is 0.706. The van der Waals surface area contributed by atoms with Gasteiger partial charge in [-0.3, -0.25) is 0 Å². The molecule has 0 heterocycles. The van der Waals surface area contributed by atoms with Crippen LogP contribution < -0.4 is 0 Å². The molecule has 0 aromatic rings. The van der Waals surface area contributed by atoms with Gasteiger partial charge in [-0.25, -0.2) is 0 Å². The quantitative estimate of drug-likeness (QED) is 0.612. The lowest BCUT2D eigenvalue weighted by molar-refractivity contribution is 0.628. The minimum Gasteiger partial charge on any atom is -0.326 e. The van der Waals surface area contributed by atoms with Crippen LogP contribution >= 0.6 is 0 Å². The summed E-state index contributed by atoms with van der Waals surface area (Å²) in [7, 11) is 3.14. The SMILES string of the molecule is C/C=C(\C)[Si](C)(C)N(C)C.CCC.CCC. The summed E-state index contributed by atoms with van der Waals surface area (Å²) in [6.07, 6.45) is 4.73. The Labute approximate surface area is 106 Å². The molecule has 0 fully saturated rings. The first kappa shape index (κ1) is 21.2. The lowest BCUT2D eigenvalue weighted by atomic mass is 10.6. The molecular formula is C14H35NSi. The summed E-state index contributed by atoms with van der Waals surface area (Å²) in [5.74, 6) is 0. The standard InChI is InChI=1S/C8H19NSi.2C3H8/c1-7-8(2)10(5,6)9(3)4;2*1-3-2/h7H,1-6H3;2*3H2,1-2H3/b8-7+;;. The molecule has 0 aromatic carbocycles. The van der Waals surface area contributed by atoms with Gasteiger partial charge in [0.1, 0.15) is 8.24 Å². The molecule has 0 amide bonds. The highest BCUT2D eigenvalue weighted by Gasteiger charge is 2.24. The smallest absolute Gasteiger partial charge is 0.149 e. The Balaban J connectivity index is -0.000000235. The van der Waals surface area contributed by atoms with Gasteiger partial charge in [-0.05, 0) is 27.9 Å². The highest BCUT2D eigenvalue weighted by atomic mass is 28.3. The van der Waals surface area contributed by atoms with Crippen molar-refractivity contribution < 1.29 is 0 Å². The van der Waals surface area contributed by atoms with Crippen molar-refractivity contribution in [2.24, 2.45) is 0 Å². The van der Waals surface area contributed by atoms with E-state index in [1.54, 1.807) is 5.20 Å². The minimum absolute atomic E-state index is 1.19. The summed E-state index contributed by atoms with van der Waals surface area (Å²) in [4.78, 5) is 0. The van der Waals surface area contributed by atoms with Gasteiger partial charge < -0.3 is 4.57 Å². The first-order valence-corrected chi connectivity index (χ1v) is 9.51. The maximum absolute atomic E-state index is 2.36. The van der Waals surface area contributed by atoms with E-state index in [0.29, 0.717) is 0 Å². The van der Waals surface area contributed by atoms with Gasteiger partial charge in [-0.2, -0.15) is 0 Å². The highest BCUT2D eigenvalue weighted by Crippen LogP contribution is 2.15. The minimum atomic E-state index is -1.19. The van der Waals surface area contributed by atoms with Crippen LogP contribution in [0.2, 0.25) is 13.1 Å². The molecule has 16 heavy (non-hydrogen) atoms. The third kappa shape index (κ3) is 12.0. The van der Waals surface area contributed by atoms with Crippen molar-refractivity contribution in [3.63, 3.8) is 0 Å². The van der Waals surface area contributed by atoms with Crippen LogP contribution in [0.5, 0.6) is 0 Å². The van der Waals surface area contributed by atoms with E-state index in [-0.39, 0.29) is 0 Å². The van der Waals surface area contributed by atoms with E-state index in [4.69, 9.17) is 0 Å². The number of rotatable bonds is 2. The van der Waals surface area contributed by atoms with E-state index < -0.39 is 8.24 Å². The van der Waals surface area contributed by atoms with E-state index in [9.17, 15) is 0 Å². The van der Waals surface area contributed by atoms with E-state index in [1.165, 1.54) is 12.8 Å². The summed E-state index contributed by atoms with van der Waals surface area (Å²) >= 11 is 0. The molecule has 0 rings (SSSR count). The van der Waals surface area contributed by atoms with Gasteiger partial charge in [0, 0.05) is 0 Å². The van der Waals surface area contributed by atoms with Crippen LogP contribution in [-0.2, 0) is 0 Å². The number of hydrogen-bond donors (Lipinski definition) is 0. The number of nitrogens with zero attached hydrogens (tertiary/aromatic N) is 1. The van der Waals surface area contributed by atoms with Crippen molar-refractivity contribution in [3.05, 3.63) is 11.3 Å². The third-order valence-electron chi connectivity index (χ3n) is 2.52. The molecule has 0 bridgehead atoms. The van der Waals surface area contributed by atoms with Crippen molar-refractivity contribution >= 4 is 8.24 Å². The first-order chi connectivity index (χ1) is 7.25. The fraction of sp³-hybridized carbons (Fsp3) is 0.857. The second-order valence-electron chi connectivity index (χ2n) is 4.84. The Morgan fingerprint density at radius 3 is 1.31 bits per heavy atom. The Hall–Kier alpha value is -0.0831. The molecule has 0 saturated carbocycles. The van der Waals surface area contributed by atoms with Gasteiger partial charge in [0.05, 0.1) is 0 Å². The van der Waals surface area contributed by atoms with Crippen molar-refractivity contribution in [1.29, 1.82) is 0 Å². The summed E-state index contributed by atoms with van der Waals surface area (Å²) in [6, 6.07) is 0. The van der Waals surface area contributed by atoms with Crippen LogP contribution in [0.3, 0.4) is 0 Å². The van der Waals surface area contributed by atoms with Crippen LogP contribution in [0.1, 0.15) is 54.4 Å². The van der Waals surface area contributed by atoms with Crippen molar-refractivity contribution in [2.45, 2.75) is 67.5 Å². The monoisotopic (exact) mass is 245 g/mol. The van der Waals surface area contributed by atoms with Gasteiger partial charge in [-0.1, -0.05) is 64.9 Å². The van der Waals surface area contributed by atoms with Gasteiger partial charge in [0.2, 0.25) is 0 Å². The topological polar surface area (TPSA) is 3.24 Å². The van der Waals surface area contributed by atoms with Gasteiger partial charge in [0.15, 0.2) is 0 Å². The average molecular weight is 246 g/mol. The molecule has 0 spiro atoms. The molecule has 0 aliphatic rings. The van der Waals surface area contributed by atoms with Gasteiger partial charge in [0.25, 0.3) is 0 Å². The molecule has 0 atom stereocenters. The lowest BCUT2D eigenvalue weighted by Crippen LogP contribution is -2.44. The van der Waals surface area contributed by atoms with Crippen LogP contribution in [0, 0.1) is 0 Å². The lowest BCUT2D eigenvalue weighted by Gasteiger charge is -2.31. The van der Waals surface area contributed by atoms with Crippen LogP contribution in [0.25, 0.3) is 0 Å². The Bertz CT molecular complexity index is 158. The zero-order valence-electron chi connectivity index (χ0n) is 13.4. The van der Waals surface area contributed by atoms with Crippen molar-refractivity contribution in [2.75, 3.05) is 14.1 Å². The molecule has 0 unspecified atom stereocenters. The Morgan fingerprint density at radius 1 is 1.00 bits per heavy atom. The third-order valence-corrected chi connectivity index (χ3v) is 6.97. The van der Waals surface area contributed by atoms with E-state index in [1.807, 2.05) is 0 Å². The predicted octanol–water partition coefficient (Wildman–Crippen LogP) is 5.09. The van der Waals surface area contributed by atoms with E-state index in [0.717, 1.165) is 0 Å². The highest BCUT2D eigenvalue weighted by molar-refractivity contribution is 6.81. The predicted molar refractivity (Wildman–Crippen MR) is 82.5 cm³/mol. The summed E-state index contributed by atoms with van der Waals surface area (Å²) < 4.78 is 2.36. The maximum Gasteiger partial charge on any atom is 0.149 e. The second kappa shape index (κ2) is 13.0. The molecule has 1 nitrogen and oxygen atoms in total. The molecule has 0 aliphatic carbocycles. The maximum atomic E-state index is 2.36. The molecule has 0 saturated heterocycles. The molecule has 2 heteroatoms. The average Bonchev–Trinajstić information content (AvgIpc) is 2.18. The summed E-state index contributed by atoms with van der Waals surface area (Å²) in [5.41, 5.74) is 0. The fourth-order valence-corrected chi connectivity index (χ4v) is 2.12. The summed E-state index contributed by atoms with van der Waals surface area (Å²) in [6.45, 7) is 17.6. The molecular weight excluding hydrogens is 210 g/mol. The first-order valence-electron chi connectivity index (χ1n) is 6.56. The molecule has 0 N–H and O–H groups in total. The molecule has 0 radical (unpaired) electrons. The van der Waals surface area contributed by atoms with E-state index >= 15 is 0 Å². The molecule has 0 aromatic heterocycles. The van der Waals surface area contributed by atoms with Gasteiger partial charge in [-0.15, -0.1) is 0 Å². The zero-order chi connectivity index (χ0) is 13.8. The van der Waals surface area contributed by atoms with Crippen LogP contribution in [0.4, 0.5) is 0 Å². The largest absolute Gasteiger partial charge is 0.326 e. The van der Waals surface area contributed by atoms with Gasteiger partial charge >= 0.3 is 0 Å². The zero-order valence-corrected chi connectivity index (χ0v) is 14.4. The normalized spacial score (nSPS) is 11.3. The van der Waals surface area contributed by atoms with Crippen molar-refractivity contribution in [1.82, 2.24) is 4.57 Å². The summed E-state index contributed by atoms with van der Waals surface area (Å²) in [5, 5.41) is 1.55. The number of allylic oxidation sites excluding steroid dienone is 2. The molecule has 0 aliphatic heterocycles. The second-order valence-corrected chi connectivity index (χ2v) is 9.64. The number of hydrogen-bond acceptors (Lipinski definition) is 1. The Kier molecular flexibility index (Phi) is 17.2. The Morgan fingerprint density at radius 2 is 1.25 bits per heavy atom. The van der Waals surface area contributed by atoms with Crippen LogP contribution in [0.15, 0.2) is 11.3 Å². The van der Waals surface area contributed by atoms with Crippen LogP contribution in [-0.4, -0.2) is 26.9 Å². The molecule has 100 valence electrons.